The molecule has 0 saturated carbocycles. The van der Waals surface area contributed by atoms with Crippen molar-refractivity contribution in [3.63, 3.8) is 0 Å². The summed E-state index contributed by atoms with van der Waals surface area (Å²) < 4.78 is 2.13. The molecular formula is C28H28N2O2. The molecule has 2 heterocycles. The number of unbranched alkanes of at least 4 members (excludes halogenated alkanes) is 1. The SMILES string of the molecule is CCCCC(CC)CN1C(=O)c2cccc(-n3c4ccccc4c4ccccc43)c2C1=O. The van der Waals surface area contributed by atoms with Crippen LogP contribution in [0.2, 0.25) is 0 Å². The Balaban J connectivity index is 1.65. The van der Waals surface area contributed by atoms with E-state index in [1.807, 2.05) is 36.4 Å². The van der Waals surface area contributed by atoms with Crippen molar-refractivity contribution in [1.29, 1.82) is 0 Å². The van der Waals surface area contributed by atoms with Crippen molar-refractivity contribution in [1.82, 2.24) is 9.47 Å². The van der Waals surface area contributed by atoms with Crippen LogP contribution in [-0.4, -0.2) is 27.8 Å². The van der Waals surface area contributed by atoms with Gasteiger partial charge in [-0.2, -0.15) is 0 Å². The maximum Gasteiger partial charge on any atom is 0.263 e. The summed E-state index contributed by atoms with van der Waals surface area (Å²) in [6.45, 7) is 4.81. The van der Waals surface area contributed by atoms with Crippen LogP contribution in [0.25, 0.3) is 27.5 Å². The van der Waals surface area contributed by atoms with Gasteiger partial charge in [-0.3, -0.25) is 14.5 Å². The van der Waals surface area contributed by atoms with Crippen molar-refractivity contribution >= 4 is 33.6 Å². The highest BCUT2D eigenvalue weighted by molar-refractivity contribution is 6.23. The van der Waals surface area contributed by atoms with Crippen LogP contribution >= 0.6 is 0 Å². The molecule has 4 nitrogen and oxygen atoms in total. The summed E-state index contributed by atoms with van der Waals surface area (Å²) >= 11 is 0. The zero-order chi connectivity index (χ0) is 22.2. The van der Waals surface area contributed by atoms with E-state index in [4.69, 9.17) is 0 Å². The van der Waals surface area contributed by atoms with Crippen molar-refractivity contribution in [2.45, 2.75) is 39.5 Å². The molecule has 0 spiro atoms. The van der Waals surface area contributed by atoms with Crippen molar-refractivity contribution in [3.05, 3.63) is 77.9 Å². The number of hydrogen-bond acceptors (Lipinski definition) is 2. The van der Waals surface area contributed by atoms with E-state index in [1.54, 1.807) is 6.07 Å². The van der Waals surface area contributed by atoms with Gasteiger partial charge in [0, 0.05) is 17.3 Å². The molecule has 1 atom stereocenters. The molecule has 0 N–H and O–H groups in total. The van der Waals surface area contributed by atoms with E-state index < -0.39 is 0 Å². The fourth-order valence-electron chi connectivity index (χ4n) is 5.03. The predicted octanol–water partition coefficient (Wildman–Crippen LogP) is 6.60. The van der Waals surface area contributed by atoms with Gasteiger partial charge in [-0.15, -0.1) is 0 Å². The number of imide groups is 1. The number of benzene rings is 3. The minimum absolute atomic E-state index is 0.164. The molecular weight excluding hydrogens is 396 g/mol. The van der Waals surface area contributed by atoms with E-state index in [2.05, 4.69) is 42.7 Å². The first-order chi connectivity index (χ1) is 15.7. The highest BCUT2D eigenvalue weighted by atomic mass is 16.2. The first-order valence-corrected chi connectivity index (χ1v) is 11.6. The summed E-state index contributed by atoms with van der Waals surface area (Å²) in [5, 5.41) is 2.28. The molecule has 0 saturated heterocycles. The molecule has 1 aromatic heterocycles. The Bertz CT molecular complexity index is 1280. The summed E-state index contributed by atoms with van der Waals surface area (Å²) in [6.07, 6.45) is 4.25. The summed E-state index contributed by atoms with van der Waals surface area (Å²) in [4.78, 5) is 28.4. The first-order valence-electron chi connectivity index (χ1n) is 11.6. The average Bonchev–Trinajstić information content (AvgIpc) is 3.29. The second-order valence-corrected chi connectivity index (χ2v) is 8.71. The summed E-state index contributed by atoms with van der Waals surface area (Å²) in [5.74, 6) is 0.00817. The Labute approximate surface area is 188 Å². The fourth-order valence-corrected chi connectivity index (χ4v) is 5.03. The lowest BCUT2D eigenvalue weighted by Gasteiger charge is -2.21. The third-order valence-electron chi connectivity index (χ3n) is 6.78. The smallest absolute Gasteiger partial charge is 0.263 e. The molecule has 0 bridgehead atoms. The van der Waals surface area contributed by atoms with Crippen LogP contribution in [0.1, 0.15) is 60.2 Å². The second kappa shape index (κ2) is 8.27. The van der Waals surface area contributed by atoms with Crippen LogP contribution in [0, 0.1) is 5.92 Å². The number of carbonyl (C=O) groups is 2. The molecule has 0 fully saturated rings. The molecule has 1 unspecified atom stereocenters. The number of hydrogen-bond donors (Lipinski definition) is 0. The third-order valence-corrected chi connectivity index (χ3v) is 6.78. The minimum Gasteiger partial charge on any atom is -0.308 e. The van der Waals surface area contributed by atoms with Crippen molar-refractivity contribution in [3.8, 4) is 5.69 Å². The number of rotatable bonds is 7. The van der Waals surface area contributed by atoms with Crippen LogP contribution in [0.4, 0.5) is 0 Å². The lowest BCUT2D eigenvalue weighted by atomic mass is 9.99. The predicted molar refractivity (Wildman–Crippen MR) is 129 cm³/mol. The molecule has 4 aromatic rings. The first kappa shape index (κ1) is 20.5. The Hall–Kier alpha value is -3.40. The number of aromatic nitrogens is 1. The topological polar surface area (TPSA) is 42.3 Å². The molecule has 0 aliphatic carbocycles. The third kappa shape index (κ3) is 3.13. The number of fused-ring (bicyclic) bond motifs is 4. The van der Waals surface area contributed by atoms with E-state index in [-0.39, 0.29) is 11.8 Å². The van der Waals surface area contributed by atoms with Crippen LogP contribution in [0.5, 0.6) is 0 Å². The van der Waals surface area contributed by atoms with Crippen LogP contribution in [0.15, 0.2) is 66.7 Å². The zero-order valence-electron chi connectivity index (χ0n) is 18.7. The Kier molecular flexibility index (Phi) is 5.30. The van der Waals surface area contributed by atoms with Crippen LogP contribution in [-0.2, 0) is 0 Å². The summed E-state index contributed by atoms with van der Waals surface area (Å²) in [5.41, 5.74) is 3.89. The highest BCUT2D eigenvalue weighted by Crippen LogP contribution is 2.36. The second-order valence-electron chi connectivity index (χ2n) is 8.71. The molecule has 5 rings (SSSR count). The number of carbonyl (C=O) groups excluding carboxylic acids is 2. The lowest BCUT2D eigenvalue weighted by molar-refractivity contribution is 0.0624. The van der Waals surface area contributed by atoms with Crippen molar-refractivity contribution in [2.24, 2.45) is 5.92 Å². The largest absolute Gasteiger partial charge is 0.308 e. The van der Waals surface area contributed by atoms with Gasteiger partial charge >= 0.3 is 0 Å². The van der Waals surface area contributed by atoms with E-state index in [9.17, 15) is 9.59 Å². The van der Waals surface area contributed by atoms with E-state index in [1.165, 1.54) is 4.90 Å². The Morgan fingerprint density at radius 1 is 0.781 bits per heavy atom. The molecule has 3 aromatic carbocycles. The van der Waals surface area contributed by atoms with Crippen molar-refractivity contribution < 1.29 is 9.59 Å². The van der Waals surface area contributed by atoms with Gasteiger partial charge in [0.05, 0.1) is 27.8 Å². The molecule has 0 radical (unpaired) electrons. The lowest BCUT2D eigenvalue weighted by Crippen LogP contribution is -2.34. The van der Waals surface area contributed by atoms with E-state index in [0.717, 1.165) is 53.2 Å². The number of amides is 2. The Morgan fingerprint density at radius 2 is 1.44 bits per heavy atom. The van der Waals surface area contributed by atoms with Crippen LogP contribution < -0.4 is 0 Å². The van der Waals surface area contributed by atoms with Gasteiger partial charge < -0.3 is 4.57 Å². The number of para-hydroxylation sites is 2. The van der Waals surface area contributed by atoms with Gasteiger partial charge in [0.2, 0.25) is 0 Å². The standard InChI is InChI=1S/C28H28N2O2/c1-3-5-11-19(4-2)18-29-27(31)22-14-10-17-25(26(22)28(29)32)30-23-15-8-6-12-20(23)21-13-7-9-16-24(21)30/h6-10,12-17,19H,3-5,11,18H2,1-2H3. The van der Waals surface area contributed by atoms with E-state index >= 15 is 0 Å². The average molecular weight is 425 g/mol. The van der Waals surface area contributed by atoms with E-state index in [0.29, 0.717) is 23.6 Å². The van der Waals surface area contributed by atoms with Gasteiger partial charge in [0.1, 0.15) is 0 Å². The van der Waals surface area contributed by atoms with Gasteiger partial charge in [0.15, 0.2) is 0 Å². The molecule has 2 amide bonds. The molecule has 162 valence electrons. The van der Waals surface area contributed by atoms with Gasteiger partial charge in [-0.05, 0) is 36.6 Å². The number of nitrogens with zero attached hydrogens (tertiary/aromatic N) is 2. The normalized spacial score (nSPS) is 14.5. The molecule has 32 heavy (non-hydrogen) atoms. The van der Waals surface area contributed by atoms with Gasteiger partial charge in [-0.25, -0.2) is 0 Å². The quantitative estimate of drug-likeness (QED) is 0.314. The maximum atomic E-state index is 13.6. The van der Waals surface area contributed by atoms with Crippen LogP contribution in [0.3, 0.4) is 0 Å². The van der Waals surface area contributed by atoms with Gasteiger partial charge in [0.25, 0.3) is 11.8 Å². The minimum atomic E-state index is -0.169. The monoisotopic (exact) mass is 424 g/mol. The zero-order valence-corrected chi connectivity index (χ0v) is 18.7. The Morgan fingerprint density at radius 3 is 2.06 bits per heavy atom. The summed E-state index contributed by atoms with van der Waals surface area (Å²) in [7, 11) is 0. The highest BCUT2D eigenvalue weighted by Gasteiger charge is 2.38. The fraction of sp³-hybridized carbons (Fsp3) is 0.286. The summed E-state index contributed by atoms with van der Waals surface area (Å²) in [6, 6.07) is 22.1. The van der Waals surface area contributed by atoms with Gasteiger partial charge in [-0.1, -0.05) is 75.6 Å². The molecule has 4 heteroatoms. The molecule has 1 aliphatic heterocycles. The molecule has 1 aliphatic rings. The maximum absolute atomic E-state index is 13.6. The van der Waals surface area contributed by atoms with Crippen molar-refractivity contribution in [2.75, 3.05) is 6.54 Å².